The number of ether oxygens (including phenoxy) is 1. The van der Waals surface area contributed by atoms with E-state index in [4.69, 9.17) is 4.74 Å². The molecule has 1 amide bonds. The van der Waals surface area contributed by atoms with Gasteiger partial charge in [0.25, 0.3) is 0 Å². The summed E-state index contributed by atoms with van der Waals surface area (Å²) in [6.45, 7) is 9.30. The van der Waals surface area contributed by atoms with Crippen LogP contribution in [0.5, 0.6) is 0 Å². The number of aromatic nitrogens is 1. The third kappa shape index (κ3) is 4.27. The fourth-order valence-electron chi connectivity index (χ4n) is 3.03. The zero-order valence-corrected chi connectivity index (χ0v) is 13.8. The Morgan fingerprint density at radius 1 is 1.32 bits per heavy atom. The molecule has 1 aliphatic rings. The molecular weight excluding hydrogens is 278 g/mol. The molecule has 5 heteroatoms. The molecular formula is C17H27N3O2. The van der Waals surface area contributed by atoms with E-state index in [1.807, 2.05) is 19.1 Å². The molecule has 1 unspecified atom stereocenters. The maximum atomic E-state index is 12.8. The molecule has 0 spiro atoms. The van der Waals surface area contributed by atoms with Crippen LogP contribution in [0.2, 0.25) is 0 Å². The summed E-state index contributed by atoms with van der Waals surface area (Å²) in [5.74, 6) is 0.428. The number of hydrogen-bond acceptors (Lipinski definition) is 4. The van der Waals surface area contributed by atoms with E-state index in [0.717, 1.165) is 37.3 Å². The number of amides is 1. The SMILES string of the molecule is CCC(CC)C(C(=O)Nc1ccc(C)nc1)N1CCOCC1. The first kappa shape index (κ1) is 16.9. The summed E-state index contributed by atoms with van der Waals surface area (Å²) in [6, 6.07) is 3.72. The van der Waals surface area contributed by atoms with Crippen molar-refractivity contribution in [1.82, 2.24) is 9.88 Å². The first-order valence-electron chi connectivity index (χ1n) is 8.21. The number of aryl methyl sites for hydroxylation is 1. The number of nitrogens with one attached hydrogen (secondary N) is 1. The molecule has 0 saturated carbocycles. The van der Waals surface area contributed by atoms with Gasteiger partial charge in [-0.1, -0.05) is 26.7 Å². The summed E-state index contributed by atoms with van der Waals surface area (Å²) in [4.78, 5) is 19.3. The van der Waals surface area contributed by atoms with Gasteiger partial charge >= 0.3 is 0 Å². The van der Waals surface area contributed by atoms with Crippen molar-refractivity contribution in [2.45, 2.75) is 39.7 Å². The van der Waals surface area contributed by atoms with Gasteiger partial charge in [-0.25, -0.2) is 0 Å². The van der Waals surface area contributed by atoms with E-state index < -0.39 is 0 Å². The average molecular weight is 305 g/mol. The van der Waals surface area contributed by atoms with Gasteiger partial charge in [0.2, 0.25) is 5.91 Å². The molecule has 2 heterocycles. The van der Waals surface area contributed by atoms with Crippen LogP contribution in [-0.2, 0) is 9.53 Å². The summed E-state index contributed by atoms with van der Waals surface area (Å²) in [5, 5.41) is 3.03. The molecule has 0 aliphatic carbocycles. The number of carbonyl (C=O) groups is 1. The van der Waals surface area contributed by atoms with Gasteiger partial charge in [0.05, 0.1) is 31.1 Å². The maximum Gasteiger partial charge on any atom is 0.242 e. The number of carbonyl (C=O) groups excluding carboxylic acids is 1. The predicted octanol–water partition coefficient (Wildman–Crippen LogP) is 2.47. The maximum absolute atomic E-state index is 12.8. The molecule has 0 radical (unpaired) electrons. The Kier molecular flexibility index (Phi) is 6.34. The van der Waals surface area contributed by atoms with Crippen molar-refractivity contribution in [3.8, 4) is 0 Å². The molecule has 122 valence electrons. The normalized spacial score (nSPS) is 17.5. The Hall–Kier alpha value is -1.46. The molecule has 1 aliphatic heterocycles. The molecule has 1 atom stereocenters. The van der Waals surface area contributed by atoms with Crippen molar-refractivity contribution >= 4 is 11.6 Å². The number of rotatable bonds is 6. The first-order valence-corrected chi connectivity index (χ1v) is 8.21. The van der Waals surface area contributed by atoms with E-state index in [-0.39, 0.29) is 11.9 Å². The Morgan fingerprint density at radius 3 is 2.55 bits per heavy atom. The van der Waals surface area contributed by atoms with Gasteiger partial charge in [-0.2, -0.15) is 0 Å². The predicted molar refractivity (Wildman–Crippen MR) is 87.9 cm³/mol. The van der Waals surface area contributed by atoms with Crippen LogP contribution in [0.15, 0.2) is 18.3 Å². The minimum absolute atomic E-state index is 0.0706. The van der Waals surface area contributed by atoms with Crippen molar-refractivity contribution < 1.29 is 9.53 Å². The smallest absolute Gasteiger partial charge is 0.242 e. The Bertz CT molecular complexity index is 465. The fourth-order valence-corrected chi connectivity index (χ4v) is 3.03. The van der Waals surface area contributed by atoms with Crippen LogP contribution >= 0.6 is 0 Å². The van der Waals surface area contributed by atoms with Crippen LogP contribution in [-0.4, -0.2) is 48.1 Å². The van der Waals surface area contributed by atoms with Gasteiger partial charge in [-0.15, -0.1) is 0 Å². The molecule has 1 aromatic rings. The van der Waals surface area contributed by atoms with Crippen molar-refractivity contribution in [3.63, 3.8) is 0 Å². The van der Waals surface area contributed by atoms with Crippen molar-refractivity contribution in [3.05, 3.63) is 24.0 Å². The fraction of sp³-hybridized carbons (Fsp3) is 0.647. The minimum atomic E-state index is -0.0970. The highest BCUT2D eigenvalue weighted by Gasteiger charge is 2.32. The van der Waals surface area contributed by atoms with Crippen LogP contribution < -0.4 is 5.32 Å². The first-order chi connectivity index (χ1) is 10.7. The molecule has 1 N–H and O–H groups in total. The van der Waals surface area contributed by atoms with Crippen LogP contribution in [0.3, 0.4) is 0 Å². The second-order valence-corrected chi connectivity index (χ2v) is 5.85. The van der Waals surface area contributed by atoms with Gasteiger partial charge in [0, 0.05) is 18.8 Å². The monoisotopic (exact) mass is 305 g/mol. The average Bonchev–Trinajstić information content (AvgIpc) is 2.55. The quantitative estimate of drug-likeness (QED) is 0.877. The standard InChI is InChI=1S/C17H27N3O2/c1-4-14(5-2)16(20-8-10-22-11-9-20)17(21)19-15-7-6-13(3)18-12-15/h6-7,12,14,16H,4-5,8-11H2,1-3H3,(H,19,21). The number of morpholine rings is 1. The molecule has 5 nitrogen and oxygen atoms in total. The zero-order chi connectivity index (χ0) is 15.9. The number of hydrogen-bond donors (Lipinski definition) is 1. The van der Waals surface area contributed by atoms with E-state index >= 15 is 0 Å². The second-order valence-electron chi connectivity index (χ2n) is 5.85. The Labute approximate surface area is 133 Å². The second kappa shape index (κ2) is 8.25. The van der Waals surface area contributed by atoms with Crippen molar-refractivity contribution in [2.75, 3.05) is 31.6 Å². The third-order valence-electron chi connectivity index (χ3n) is 4.38. The zero-order valence-electron chi connectivity index (χ0n) is 13.8. The van der Waals surface area contributed by atoms with Crippen LogP contribution in [0.1, 0.15) is 32.4 Å². The summed E-state index contributed by atoms with van der Waals surface area (Å²) >= 11 is 0. The molecule has 1 fully saturated rings. The topological polar surface area (TPSA) is 54.5 Å². The van der Waals surface area contributed by atoms with Gasteiger partial charge in [0.1, 0.15) is 0 Å². The van der Waals surface area contributed by atoms with Gasteiger partial charge < -0.3 is 10.1 Å². The number of pyridine rings is 1. The van der Waals surface area contributed by atoms with E-state index in [1.165, 1.54) is 0 Å². The summed E-state index contributed by atoms with van der Waals surface area (Å²) in [7, 11) is 0. The molecule has 2 rings (SSSR count). The lowest BCUT2D eigenvalue weighted by atomic mass is 9.91. The Balaban J connectivity index is 2.12. The largest absolute Gasteiger partial charge is 0.379 e. The van der Waals surface area contributed by atoms with Crippen molar-refractivity contribution in [2.24, 2.45) is 5.92 Å². The number of anilines is 1. The highest BCUT2D eigenvalue weighted by molar-refractivity contribution is 5.94. The molecule has 0 bridgehead atoms. The van der Waals surface area contributed by atoms with Crippen LogP contribution in [0.4, 0.5) is 5.69 Å². The van der Waals surface area contributed by atoms with Gasteiger partial charge in [-0.3, -0.25) is 14.7 Å². The lowest BCUT2D eigenvalue weighted by Crippen LogP contribution is -2.52. The lowest BCUT2D eigenvalue weighted by Gasteiger charge is -2.37. The van der Waals surface area contributed by atoms with E-state index in [9.17, 15) is 4.79 Å². The minimum Gasteiger partial charge on any atom is -0.379 e. The third-order valence-corrected chi connectivity index (χ3v) is 4.38. The highest BCUT2D eigenvalue weighted by Crippen LogP contribution is 2.21. The molecule has 0 aromatic carbocycles. The van der Waals surface area contributed by atoms with Crippen LogP contribution in [0.25, 0.3) is 0 Å². The van der Waals surface area contributed by atoms with Crippen LogP contribution in [0, 0.1) is 12.8 Å². The highest BCUT2D eigenvalue weighted by atomic mass is 16.5. The van der Waals surface area contributed by atoms with Crippen molar-refractivity contribution in [1.29, 1.82) is 0 Å². The van der Waals surface area contributed by atoms with E-state index in [2.05, 4.69) is 29.0 Å². The summed E-state index contributed by atoms with van der Waals surface area (Å²) in [6.07, 6.45) is 3.71. The van der Waals surface area contributed by atoms with E-state index in [1.54, 1.807) is 6.20 Å². The number of nitrogens with zero attached hydrogens (tertiary/aromatic N) is 2. The summed E-state index contributed by atoms with van der Waals surface area (Å²) in [5.41, 5.74) is 1.71. The summed E-state index contributed by atoms with van der Waals surface area (Å²) < 4.78 is 5.42. The van der Waals surface area contributed by atoms with Gasteiger partial charge in [0.15, 0.2) is 0 Å². The lowest BCUT2D eigenvalue weighted by molar-refractivity contribution is -0.125. The molecule has 22 heavy (non-hydrogen) atoms. The Morgan fingerprint density at radius 2 is 2.00 bits per heavy atom. The molecule has 1 saturated heterocycles. The van der Waals surface area contributed by atoms with E-state index in [0.29, 0.717) is 19.1 Å². The van der Waals surface area contributed by atoms with Gasteiger partial charge in [-0.05, 0) is 25.0 Å². The molecule has 1 aromatic heterocycles.